The highest BCUT2D eigenvalue weighted by molar-refractivity contribution is 5.80. The fourth-order valence-electron chi connectivity index (χ4n) is 3.58. The summed E-state index contributed by atoms with van der Waals surface area (Å²) in [6, 6.07) is 8.99. The van der Waals surface area contributed by atoms with E-state index in [1.165, 1.54) is 11.3 Å². The number of carbonyl (C=O) groups is 1. The van der Waals surface area contributed by atoms with Crippen molar-refractivity contribution in [2.75, 3.05) is 44.7 Å². The van der Waals surface area contributed by atoms with Gasteiger partial charge in [0.1, 0.15) is 0 Å². The maximum atomic E-state index is 11.0. The van der Waals surface area contributed by atoms with Gasteiger partial charge in [-0.15, -0.1) is 0 Å². The van der Waals surface area contributed by atoms with Crippen LogP contribution in [0.3, 0.4) is 0 Å². The fraction of sp³-hybridized carbons (Fsp3) is 0.500. The van der Waals surface area contributed by atoms with E-state index >= 15 is 0 Å². The lowest BCUT2D eigenvalue weighted by atomic mass is 10.1. The maximum absolute atomic E-state index is 11.0. The summed E-state index contributed by atoms with van der Waals surface area (Å²) in [6.45, 7) is 4.80. The molecule has 27 heavy (non-hydrogen) atoms. The molecule has 0 atom stereocenters. The molecule has 1 fully saturated rings. The normalized spacial score (nSPS) is 18.7. The third kappa shape index (κ3) is 5.72. The number of guanidine groups is 1. The van der Waals surface area contributed by atoms with Crippen LogP contribution in [0.5, 0.6) is 0 Å². The van der Waals surface area contributed by atoms with Gasteiger partial charge in [0.15, 0.2) is 5.96 Å². The Morgan fingerprint density at radius 3 is 2.67 bits per heavy atom. The largest absolute Gasteiger partial charge is 0.369 e. The minimum atomic E-state index is -0.258. The molecule has 2 aliphatic heterocycles. The number of hydrogen-bond donors (Lipinski definition) is 3. The van der Waals surface area contributed by atoms with Crippen molar-refractivity contribution in [1.29, 1.82) is 0 Å². The molecule has 146 valence electrons. The molecule has 2 heterocycles. The van der Waals surface area contributed by atoms with Gasteiger partial charge in [0.05, 0.1) is 6.54 Å². The van der Waals surface area contributed by atoms with E-state index < -0.39 is 0 Å². The second-order valence-electron chi connectivity index (χ2n) is 7.13. The van der Waals surface area contributed by atoms with Gasteiger partial charge in [0, 0.05) is 51.5 Å². The van der Waals surface area contributed by atoms with Crippen molar-refractivity contribution < 1.29 is 4.79 Å². The first kappa shape index (κ1) is 19.2. The summed E-state index contributed by atoms with van der Waals surface area (Å²) in [5, 5.41) is 6.91. The average Bonchev–Trinajstić information content (AvgIpc) is 3.21. The first-order valence-electron chi connectivity index (χ1n) is 9.61. The Labute approximate surface area is 161 Å². The molecule has 0 unspecified atom stereocenters. The smallest absolute Gasteiger partial charge is 0.231 e. The number of anilines is 1. The highest BCUT2D eigenvalue weighted by atomic mass is 16.1. The zero-order chi connectivity index (χ0) is 19.1. The molecule has 0 radical (unpaired) electrons. The van der Waals surface area contributed by atoms with E-state index in [1.807, 2.05) is 0 Å². The highest BCUT2D eigenvalue weighted by Gasteiger charge is 2.20. The Balaban J connectivity index is 1.46. The van der Waals surface area contributed by atoms with Gasteiger partial charge in [-0.05, 0) is 30.5 Å². The van der Waals surface area contributed by atoms with Crippen LogP contribution in [0.4, 0.5) is 5.69 Å². The topological polar surface area (TPSA) is 86.0 Å². The number of benzene rings is 1. The van der Waals surface area contributed by atoms with Gasteiger partial charge in [-0.2, -0.15) is 0 Å². The zero-order valence-corrected chi connectivity index (χ0v) is 16.0. The lowest BCUT2D eigenvalue weighted by Gasteiger charge is -2.32. The van der Waals surface area contributed by atoms with Crippen LogP contribution in [0, 0.1) is 0 Å². The number of carbonyl (C=O) groups excluding carboxylic acids is 1. The summed E-state index contributed by atoms with van der Waals surface area (Å²) >= 11 is 0. The van der Waals surface area contributed by atoms with Crippen molar-refractivity contribution in [2.45, 2.75) is 25.4 Å². The quantitative estimate of drug-likeness (QED) is 0.389. The van der Waals surface area contributed by atoms with E-state index in [2.05, 4.69) is 61.8 Å². The molecule has 0 aromatic heterocycles. The Morgan fingerprint density at radius 2 is 2.00 bits per heavy atom. The summed E-state index contributed by atoms with van der Waals surface area (Å²) < 4.78 is 0. The van der Waals surface area contributed by atoms with E-state index in [0.29, 0.717) is 12.6 Å². The van der Waals surface area contributed by atoms with Crippen molar-refractivity contribution in [2.24, 2.45) is 10.7 Å². The minimum Gasteiger partial charge on any atom is -0.369 e. The molecule has 0 aliphatic carbocycles. The second-order valence-corrected chi connectivity index (χ2v) is 7.13. The van der Waals surface area contributed by atoms with Gasteiger partial charge in [-0.25, -0.2) is 0 Å². The van der Waals surface area contributed by atoms with Crippen molar-refractivity contribution in [3.63, 3.8) is 0 Å². The van der Waals surface area contributed by atoms with E-state index in [4.69, 9.17) is 5.73 Å². The molecular weight excluding hydrogens is 340 g/mol. The molecule has 1 aromatic rings. The monoisotopic (exact) mass is 370 g/mol. The Bertz CT molecular complexity index is 685. The van der Waals surface area contributed by atoms with Gasteiger partial charge in [0.25, 0.3) is 0 Å². The number of nitrogens with two attached hydrogens (primary N) is 1. The molecule has 7 heteroatoms. The molecule has 7 nitrogen and oxygen atoms in total. The number of piperidine rings is 1. The van der Waals surface area contributed by atoms with Crippen molar-refractivity contribution in [1.82, 2.24) is 15.5 Å². The lowest BCUT2D eigenvalue weighted by molar-refractivity contribution is -0.119. The first-order valence-corrected chi connectivity index (χ1v) is 9.61. The van der Waals surface area contributed by atoms with Crippen molar-refractivity contribution >= 4 is 17.6 Å². The van der Waals surface area contributed by atoms with Gasteiger partial charge >= 0.3 is 0 Å². The van der Waals surface area contributed by atoms with Crippen LogP contribution < -0.4 is 21.3 Å². The Hall–Kier alpha value is -2.54. The predicted octanol–water partition coefficient (Wildman–Crippen LogP) is 0.678. The maximum Gasteiger partial charge on any atom is 0.231 e. The second kappa shape index (κ2) is 9.41. The number of primary amides is 1. The molecule has 2 aliphatic rings. The average molecular weight is 371 g/mol. The number of hydrogen-bond acceptors (Lipinski definition) is 4. The van der Waals surface area contributed by atoms with Crippen LogP contribution in [0.2, 0.25) is 0 Å². The van der Waals surface area contributed by atoms with Gasteiger partial charge in [-0.1, -0.05) is 24.3 Å². The van der Waals surface area contributed by atoms with Gasteiger partial charge in [-0.3, -0.25) is 14.7 Å². The summed E-state index contributed by atoms with van der Waals surface area (Å²) in [5.41, 5.74) is 7.76. The van der Waals surface area contributed by atoms with E-state index in [9.17, 15) is 4.79 Å². The van der Waals surface area contributed by atoms with Crippen LogP contribution in [-0.4, -0.2) is 62.6 Å². The Kier molecular flexibility index (Phi) is 6.70. The summed E-state index contributed by atoms with van der Waals surface area (Å²) in [7, 11) is 1.80. The van der Waals surface area contributed by atoms with Crippen molar-refractivity contribution in [3.05, 3.63) is 42.0 Å². The molecule has 0 bridgehead atoms. The number of aliphatic imine (C=N–C) groups is 1. The molecular formula is C20H30N6O. The van der Waals surface area contributed by atoms with Crippen LogP contribution in [0.1, 0.15) is 18.4 Å². The molecule has 0 spiro atoms. The zero-order valence-electron chi connectivity index (χ0n) is 16.0. The summed E-state index contributed by atoms with van der Waals surface area (Å²) in [5.74, 6) is 0.558. The fourth-order valence-corrected chi connectivity index (χ4v) is 3.58. The number of nitrogens with one attached hydrogen (secondary N) is 2. The predicted molar refractivity (Wildman–Crippen MR) is 110 cm³/mol. The van der Waals surface area contributed by atoms with Crippen LogP contribution in [-0.2, 0) is 11.3 Å². The summed E-state index contributed by atoms with van der Waals surface area (Å²) in [4.78, 5) is 19.8. The number of likely N-dealkylation sites (tertiary alicyclic amines) is 1. The third-order valence-corrected chi connectivity index (χ3v) is 5.09. The van der Waals surface area contributed by atoms with E-state index in [0.717, 1.165) is 51.5 Å². The molecule has 0 saturated carbocycles. The summed E-state index contributed by atoms with van der Waals surface area (Å²) in [6.07, 6.45) is 6.35. The van der Waals surface area contributed by atoms with E-state index in [1.54, 1.807) is 7.05 Å². The van der Waals surface area contributed by atoms with Gasteiger partial charge < -0.3 is 21.3 Å². The third-order valence-electron chi connectivity index (χ3n) is 5.09. The SMILES string of the molecule is CN=C(NCc1cccc(N2CC=CC2)c1)NC1CCN(CC(N)=O)CC1. The molecule has 1 saturated heterocycles. The lowest BCUT2D eigenvalue weighted by Crippen LogP contribution is -2.49. The first-order chi connectivity index (χ1) is 13.1. The van der Waals surface area contributed by atoms with E-state index in [-0.39, 0.29) is 5.91 Å². The van der Waals surface area contributed by atoms with Crippen LogP contribution in [0.15, 0.2) is 41.4 Å². The minimum absolute atomic E-state index is 0.258. The number of amides is 1. The number of nitrogens with zero attached hydrogens (tertiary/aromatic N) is 3. The van der Waals surface area contributed by atoms with Crippen LogP contribution >= 0.6 is 0 Å². The van der Waals surface area contributed by atoms with Crippen molar-refractivity contribution in [3.8, 4) is 0 Å². The molecule has 1 amide bonds. The molecule has 1 aromatic carbocycles. The Morgan fingerprint density at radius 1 is 1.26 bits per heavy atom. The highest BCUT2D eigenvalue weighted by Crippen LogP contribution is 2.18. The molecule has 4 N–H and O–H groups in total. The van der Waals surface area contributed by atoms with Gasteiger partial charge in [0.2, 0.25) is 5.91 Å². The number of rotatable bonds is 6. The van der Waals surface area contributed by atoms with Crippen LogP contribution in [0.25, 0.3) is 0 Å². The standard InChI is InChI=1S/C20H30N6O/c1-22-20(24-17-7-11-25(12-8-17)15-19(21)27)23-14-16-5-4-6-18(13-16)26-9-2-3-10-26/h2-6,13,17H,7-12,14-15H2,1H3,(H2,21,27)(H2,22,23,24). The molecule has 3 rings (SSSR count).